The first-order valence-electron chi connectivity index (χ1n) is 9.38. The molecule has 2 aromatic carbocycles. The van der Waals surface area contributed by atoms with Crippen molar-refractivity contribution in [1.29, 1.82) is 0 Å². The van der Waals surface area contributed by atoms with Gasteiger partial charge in [-0.25, -0.2) is 9.78 Å². The van der Waals surface area contributed by atoms with Gasteiger partial charge in [0.25, 0.3) is 0 Å². The Kier molecular flexibility index (Phi) is 5.57. The van der Waals surface area contributed by atoms with Crippen molar-refractivity contribution in [2.75, 3.05) is 19.0 Å². The minimum absolute atomic E-state index is 0.127. The second-order valence-electron chi connectivity index (χ2n) is 6.77. The highest BCUT2D eigenvalue weighted by Crippen LogP contribution is 2.31. The van der Waals surface area contributed by atoms with Gasteiger partial charge in [-0.05, 0) is 11.1 Å². The van der Waals surface area contributed by atoms with Gasteiger partial charge in [-0.3, -0.25) is 4.79 Å². The maximum Gasteiger partial charge on any atom is 0.409 e. The van der Waals surface area contributed by atoms with Crippen LogP contribution in [0.2, 0.25) is 0 Å². The Morgan fingerprint density at radius 1 is 1.07 bits per heavy atom. The quantitative estimate of drug-likeness (QED) is 0.709. The summed E-state index contributed by atoms with van der Waals surface area (Å²) in [5.74, 6) is -0.553. The standard InChI is InChI=1S/C22H21N3O3S/c1-28-22(27)25-13-12-17-18(14-25)29-21(23-17)24-20(26)19(15-8-4-2-5-9-15)16-10-6-3-7-11-16/h2-11,19H,12-14H2,1H3,(H,23,24,26). The van der Waals surface area contributed by atoms with E-state index < -0.39 is 5.92 Å². The molecule has 29 heavy (non-hydrogen) atoms. The van der Waals surface area contributed by atoms with Crippen LogP contribution in [0.15, 0.2) is 60.7 Å². The summed E-state index contributed by atoms with van der Waals surface area (Å²) in [5, 5.41) is 3.55. The zero-order chi connectivity index (χ0) is 20.2. The Labute approximate surface area is 173 Å². The fraction of sp³-hybridized carbons (Fsp3) is 0.227. The molecule has 2 amide bonds. The molecule has 148 valence electrons. The van der Waals surface area contributed by atoms with Gasteiger partial charge < -0.3 is 15.0 Å². The number of methoxy groups -OCH3 is 1. The van der Waals surface area contributed by atoms with Crippen LogP contribution in [-0.2, 0) is 22.5 Å². The van der Waals surface area contributed by atoms with Crippen molar-refractivity contribution in [1.82, 2.24) is 9.88 Å². The predicted molar refractivity (Wildman–Crippen MR) is 112 cm³/mol. The zero-order valence-corrected chi connectivity index (χ0v) is 16.8. The molecule has 6 nitrogen and oxygen atoms in total. The second-order valence-corrected chi connectivity index (χ2v) is 7.86. The molecule has 3 aromatic rings. The fourth-order valence-corrected chi connectivity index (χ4v) is 4.52. The summed E-state index contributed by atoms with van der Waals surface area (Å²) in [4.78, 5) is 32.2. The summed E-state index contributed by atoms with van der Waals surface area (Å²) in [7, 11) is 1.38. The Bertz CT molecular complexity index is 965. The Hall–Kier alpha value is -3.19. The van der Waals surface area contributed by atoms with Crippen LogP contribution in [0.25, 0.3) is 0 Å². The third-order valence-corrected chi connectivity index (χ3v) is 5.92. The molecule has 2 heterocycles. The number of nitrogens with zero attached hydrogens (tertiary/aromatic N) is 2. The molecule has 0 bridgehead atoms. The summed E-state index contributed by atoms with van der Waals surface area (Å²) in [6.07, 6.45) is 0.306. The number of hydrogen-bond acceptors (Lipinski definition) is 5. The van der Waals surface area contributed by atoms with Crippen LogP contribution >= 0.6 is 11.3 Å². The first kappa shape index (κ1) is 19.1. The second kappa shape index (κ2) is 8.45. The van der Waals surface area contributed by atoms with E-state index in [1.165, 1.54) is 18.4 Å². The number of rotatable bonds is 4. The smallest absolute Gasteiger partial charge is 0.409 e. The van der Waals surface area contributed by atoms with Gasteiger partial charge >= 0.3 is 6.09 Å². The minimum atomic E-state index is -0.426. The highest BCUT2D eigenvalue weighted by atomic mass is 32.1. The van der Waals surface area contributed by atoms with E-state index in [2.05, 4.69) is 10.3 Å². The van der Waals surface area contributed by atoms with E-state index in [1.54, 1.807) is 4.90 Å². The van der Waals surface area contributed by atoms with Crippen LogP contribution in [-0.4, -0.2) is 35.5 Å². The van der Waals surface area contributed by atoms with E-state index in [9.17, 15) is 9.59 Å². The average molecular weight is 407 g/mol. The number of carbonyl (C=O) groups is 2. The fourth-order valence-electron chi connectivity index (χ4n) is 3.50. The van der Waals surface area contributed by atoms with Crippen LogP contribution in [0.4, 0.5) is 9.93 Å². The Balaban J connectivity index is 1.56. The Morgan fingerprint density at radius 2 is 1.69 bits per heavy atom. The van der Waals surface area contributed by atoms with Crippen LogP contribution in [0, 0.1) is 0 Å². The molecular weight excluding hydrogens is 386 g/mol. The molecule has 4 rings (SSSR count). The first-order chi connectivity index (χ1) is 14.2. The van der Waals surface area contributed by atoms with E-state index in [0.29, 0.717) is 24.6 Å². The van der Waals surface area contributed by atoms with Crippen molar-refractivity contribution in [3.05, 3.63) is 82.4 Å². The number of ether oxygens (including phenoxy) is 1. The SMILES string of the molecule is COC(=O)N1CCc2nc(NC(=O)C(c3ccccc3)c3ccccc3)sc2C1. The highest BCUT2D eigenvalue weighted by Gasteiger charge is 2.27. The summed E-state index contributed by atoms with van der Waals surface area (Å²) in [6.45, 7) is 1.02. The van der Waals surface area contributed by atoms with E-state index in [-0.39, 0.29) is 12.0 Å². The number of fused-ring (bicyclic) bond motifs is 1. The van der Waals surface area contributed by atoms with Gasteiger partial charge in [0.15, 0.2) is 5.13 Å². The lowest BCUT2D eigenvalue weighted by molar-refractivity contribution is -0.116. The molecule has 1 aliphatic heterocycles. The molecule has 1 N–H and O–H groups in total. The monoisotopic (exact) mass is 407 g/mol. The number of aromatic nitrogens is 1. The number of carbonyl (C=O) groups excluding carboxylic acids is 2. The molecule has 0 spiro atoms. The van der Waals surface area contributed by atoms with Crippen LogP contribution in [0.5, 0.6) is 0 Å². The Morgan fingerprint density at radius 3 is 2.28 bits per heavy atom. The van der Waals surface area contributed by atoms with Crippen LogP contribution in [0.3, 0.4) is 0 Å². The zero-order valence-electron chi connectivity index (χ0n) is 16.0. The molecule has 0 aliphatic carbocycles. The van der Waals surface area contributed by atoms with Crippen molar-refractivity contribution in [2.24, 2.45) is 0 Å². The average Bonchev–Trinajstić information content (AvgIpc) is 3.16. The summed E-state index contributed by atoms with van der Waals surface area (Å²) < 4.78 is 4.81. The number of nitrogens with one attached hydrogen (secondary N) is 1. The summed E-state index contributed by atoms with van der Waals surface area (Å²) in [5.41, 5.74) is 2.78. The van der Waals surface area contributed by atoms with E-state index in [1.807, 2.05) is 60.7 Å². The molecular formula is C22H21N3O3S. The topological polar surface area (TPSA) is 71.5 Å². The third-order valence-electron chi connectivity index (χ3n) is 4.92. The van der Waals surface area contributed by atoms with Crippen molar-refractivity contribution < 1.29 is 14.3 Å². The lowest BCUT2D eigenvalue weighted by Crippen LogP contribution is -2.35. The van der Waals surface area contributed by atoms with Gasteiger partial charge in [-0.2, -0.15) is 0 Å². The van der Waals surface area contributed by atoms with Crippen LogP contribution < -0.4 is 5.32 Å². The normalized spacial score (nSPS) is 13.1. The lowest BCUT2D eigenvalue weighted by Gasteiger charge is -2.24. The third kappa shape index (κ3) is 4.14. The molecule has 7 heteroatoms. The van der Waals surface area contributed by atoms with Crippen molar-refractivity contribution in [3.8, 4) is 0 Å². The van der Waals surface area contributed by atoms with Gasteiger partial charge in [-0.15, -0.1) is 0 Å². The molecule has 0 radical (unpaired) electrons. The minimum Gasteiger partial charge on any atom is -0.453 e. The van der Waals surface area contributed by atoms with E-state index >= 15 is 0 Å². The molecule has 0 saturated heterocycles. The van der Waals surface area contributed by atoms with Crippen molar-refractivity contribution in [3.63, 3.8) is 0 Å². The molecule has 0 fully saturated rings. The van der Waals surface area contributed by atoms with Crippen molar-refractivity contribution in [2.45, 2.75) is 18.9 Å². The van der Waals surface area contributed by atoms with Gasteiger partial charge in [0, 0.05) is 17.8 Å². The number of thiazole rings is 1. The first-order valence-corrected chi connectivity index (χ1v) is 10.2. The lowest BCUT2D eigenvalue weighted by atomic mass is 9.90. The number of hydrogen-bond donors (Lipinski definition) is 1. The molecule has 1 aliphatic rings. The largest absolute Gasteiger partial charge is 0.453 e. The number of amides is 2. The van der Waals surface area contributed by atoms with Gasteiger partial charge in [0.1, 0.15) is 0 Å². The summed E-state index contributed by atoms with van der Waals surface area (Å²) in [6, 6.07) is 19.4. The molecule has 0 unspecified atom stereocenters. The molecule has 1 aromatic heterocycles. The number of benzene rings is 2. The van der Waals surface area contributed by atoms with Gasteiger partial charge in [0.05, 0.1) is 25.3 Å². The number of anilines is 1. The van der Waals surface area contributed by atoms with Gasteiger partial charge in [0.2, 0.25) is 5.91 Å². The van der Waals surface area contributed by atoms with Crippen LogP contribution in [0.1, 0.15) is 27.6 Å². The maximum absolute atomic E-state index is 13.2. The molecule has 0 saturated carbocycles. The maximum atomic E-state index is 13.2. The highest BCUT2D eigenvalue weighted by molar-refractivity contribution is 7.15. The van der Waals surface area contributed by atoms with E-state index in [0.717, 1.165) is 21.7 Å². The van der Waals surface area contributed by atoms with Gasteiger partial charge in [-0.1, -0.05) is 72.0 Å². The molecule has 0 atom stereocenters. The summed E-state index contributed by atoms with van der Waals surface area (Å²) >= 11 is 1.41. The predicted octanol–water partition coefficient (Wildman–Crippen LogP) is 4.04. The van der Waals surface area contributed by atoms with E-state index in [4.69, 9.17) is 4.74 Å². The van der Waals surface area contributed by atoms with Crippen molar-refractivity contribution >= 4 is 28.5 Å².